The number of benzene rings is 1. The highest BCUT2D eigenvalue weighted by atomic mass is 16.3. The van der Waals surface area contributed by atoms with Crippen molar-refractivity contribution in [2.75, 3.05) is 5.73 Å². The van der Waals surface area contributed by atoms with Gasteiger partial charge < -0.3 is 10.8 Å². The minimum atomic E-state index is 0.200. The van der Waals surface area contributed by atoms with E-state index in [1.807, 2.05) is 32.9 Å². The number of aromatic nitrogens is 2. The molecule has 0 aliphatic rings. The Balaban J connectivity index is 2.65. The highest BCUT2D eigenvalue weighted by molar-refractivity contribution is 5.73. The molecule has 0 atom stereocenters. The number of nitrogens with zero attached hydrogens (tertiary/aromatic N) is 2. The van der Waals surface area contributed by atoms with Crippen molar-refractivity contribution in [3.05, 3.63) is 35.0 Å². The summed E-state index contributed by atoms with van der Waals surface area (Å²) in [6.45, 7) is 5.62. The molecule has 1 heterocycles. The van der Waals surface area contributed by atoms with Crippen LogP contribution in [0.3, 0.4) is 0 Å². The molecule has 0 saturated carbocycles. The van der Waals surface area contributed by atoms with Crippen molar-refractivity contribution < 1.29 is 5.11 Å². The number of aryl methyl sites for hydroxylation is 2. The van der Waals surface area contributed by atoms with E-state index in [1.54, 1.807) is 6.07 Å². The van der Waals surface area contributed by atoms with Crippen LogP contribution in [0, 0.1) is 20.8 Å². The third-order valence-corrected chi connectivity index (χ3v) is 2.86. The summed E-state index contributed by atoms with van der Waals surface area (Å²) in [5.41, 5.74) is 10.4. The summed E-state index contributed by atoms with van der Waals surface area (Å²) < 4.78 is 0. The van der Waals surface area contributed by atoms with Gasteiger partial charge in [-0.3, -0.25) is 0 Å². The van der Waals surface area contributed by atoms with Crippen molar-refractivity contribution >= 4 is 5.69 Å². The second kappa shape index (κ2) is 4.05. The molecule has 1 aromatic carbocycles. The van der Waals surface area contributed by atoms with Crippen molar-refractivity contribution in [1.82, 2.24) is 10.2 Å². The van der Waals surface area contributed by atoms with Crippen LogP contribution in [0.15, 0.2) is 18.2 Å². The van der Waals surface area contributed by atoms with Gasteiger partial charge in [-0.05, 0) is 38.5 Å². The predicted octanol–water partition coefficient (Wildman–Crippen LogP) is 2.36. The molecule has 4 heteroatoms. The largest absolute Gasteiger partial charge is 0.507 e. The molecule has 2 aromatic rings. The van der Waals surface area contributed by atoms with Gasteiger partial charge in [0.25, 0.3) is 0 Å². The van der Waals surface area contributed by atoms with Crippen molar-refractivity contribution in [1.29, 1.82) is 0 Å². The first kappa shape index (κ1) is 11.4. The van der Waals surface area contributed by atoms with E-state index in [-0.39, 0.29) is 5.75 Å². The molecule has 0 aliphatic heterocycles. The molecule has 17 heavy (non-hydrogen) atoms. The normalized spacial score (nSPS) is 10.5. The predicted molar refractivity (Wildman–Crippen MR) is 67.8 cm³/mol. The van der Waals surface area contributed by atoms with Gasteiger partial charge in [-0.1, -0.05) is 6.07 Å². The van der Waals surface area contributed by atoms with Gasteiger partial charge in [0.15, 0.2) is 0 Å². The van der Waals surface area contributed by atoms with Gasteiger partial charge in [-0.2, -0.15) is 5.10 Å². The van der Waals surface area contributed by atoms with E-state index in [0.717, 1.165) is 11.1 Å². The Morgan fingerprint density at radius 1 is 1.12 bits per heavy atom. The highest BCUT2D eigenvalue weighted by Gasteiger charge is 2.13. The lowest BCUT2D eigenvalue weighted by Crippen LogP contribution is -2.02. The summed E-state index contributed by atoms with van der Waals surface area (Å²) in [4.78, 5) is 0. The van der Waals surface area contributed by atoms with Crippen LogP contribution in [0.5, 0.6) is 5.75 Å². The van der Waals surface area contributed by atoms with Gasteiger partial charge in [0.05, 0.1) is 11.4 Å². The molecule has 0 fully saturated rings. The molecular weight excluding hydrogens is 214 g/mol. The van der Waals surface area contributed by atoms with Crippen LogP contribution in [-0.4, -0.2) is 15.3 Å². The SMILES string of the molecule is Cc1ccc(-c2nnc(C)c(N)c2C)c(O)c1. The lowest BCUT2D eigenvalue weighted by molar-refractivity contribution is 0.476. The summed E-state index contributed by atoms with van der Waals surface area (Å²) in [6, 6.07) is 5.45. The third kappa shape index (κ3) is 1.93. The van der Waals surface area contributed by atoms with Crippen LogP contribution < -0.4 is 5.73 Å². The molecule has 0 unspecified atom stereocenters. The van der Waals surface area contributed by atoms with E-state index in [2.05, 4.69) is 10.2 Å². The lowest BCUT2D eigenvalue weighted by Gasteiger charge is -2.10. The summed E-state index contributed by atoms with van der Waals surface area (Å²) in [5, 5.41) is 18.0. The zero-order valence-electron chi connectivity index (χ0n) is 10.2. The fourth-order valence-electron chi connectivity index (χ4n) is 1.75. The summed E-state index contributed by atoms with van der Waals surface area (Å²) in [5.74, 6) is 0.200. The van der Waals surface area contributed by atoms with E-state index in [1.165, 1.54) is 0 Å². The molecule has 4 nitrogen and oxygen atoms in total. The summed E-state index contributed by atoms with van der Waals surface area (Å²) >= 11 is 0. The van der Waals surface area contributed by atoms with Crippen molar-refractivity contribution in [3.8, 4) is 17.0 Å². The average Bonchev–Trinajstić information content (AvgIpc) is 2.28. The van der Waals surface area contributed by atoms with Crippen molar-refractivity contribution in [2.45, 2.75) is 20.8 Å². The van der Waals surface area contributed by atoms with Gasteiger partial charge in [0, 0.05) is 11.1 Å². The van der Waals surface area contributed by atoms with Crippen LogP contribution in [0.2, 0.25) is 0 Å². The summed E-state index contributed by atoms with van der Waals surface area (Å²) in [6.07, 6.45) is 0. The molecule has 88 valence electrons. The minimum absolute atomic E-state index is 0.200. The first-order valence-electron chi connectivity index (χ1n) is 5.40. The number of hydrogen-bond donors (Lipinski definition) is 2. The first-order valence-corrected chi connectivity index (χ1v) is 5.40. The Morgan fingerprint density at radius 2 is 1.82 bits per heavy atom. The van der Waals surface area contributed by atoms with Gasteiger partial charge in [-0.25, -0.2) is 0 Å². The van der Waals surface area contributed by atoms with E-state index in [0.29, 0.717) is 22.6 Å². The number of nitrogens with two attached hydrogens (primary N) is 1. The summed E-state index contributed by atoms with van der Waals surface area (Å²) in [7, 11) is 0. The van der Waals surface area contributed by atoms with E-state index < -0.39 is 0 Å². The Bertz CT molecular complexity index is 579. The van der Waals surface area contributed by atoms with Crippen LogP contribution >= 0.6 is 0 Å². The Morgan fingerprint density at radius 3 is 2.47 bits per heavy atom. The molecule has 0 spiro atoms. The topological polar surface area (TPSA) is 72.0 Å². The molecule has 0 amide bonds. The maximum absolute atomic E-state index is 9.92. The van der Waals surface area contributed by atoms with Gasteiger partial charge in [0.1, 0.15) is 11.4 Å². The van der Waals surface area contributed by atoms with Crippen molar-refractivity contribution in [2.24, 2.45) is 0 Å². The molecule has 3 N–H and O–H groups in total. The smallest absolute Gasteiger partial charge is 0.125 e. The van der Waals surface area contributed by atoms with E-state index in [9.17, 15) is 5.11 Å². The molecule has 0 bridgehead atoms. The number of rotatable bonds is 1. The number of phenols is 1. The number of aromatic hydroxyl groups is 1. The second-order valence-electron chi connectivity index (χ2n) is 4.19. The molecule has 0 saturated heterocycles. The number of phenolic OH excluding ortho intramolecular Hbond substituents is 1. The molecular formula is C13H15N3O. The molecule has 2 rings (SSSR count). The fourth-order valence-corrected chi connectivity index (χ4v) is 1.75. The van der Waals surface area contributed by atoms with Crippen molar-refractivity contribution in [3.63, 3.8) is 0 Å². The van der Waals surface area contributed by atoms with Crippen LogP contribution in [0.1, 0.15) is 16.8 Å². The van der Waals surface area contributed by atoms with Gasteiger partial charge in [-0.15, -0.1) is 5.10 Å². The monoisotopic (exact) mass is 229 g/mol. The van der Waals surface area contributed by atoms with Gasteiger partial charge in [0.2, 0.25) is 0 Å². The van der Waals surface area contributed by atoms with Crippen LogP contribution in [-0.2, 0) is 0 Å². The maximum Gasteiger partial charge on any atom is 0.125 e. The zero-order chi connectivity index (χ0) is 12.6. The van der Waals surface area contributed by atoms with Gasteiger partial charge >= 0.3 is 0 Å². The average molecular weight is 229 g/mol. The van der Waals surface area contributed by atoms with E-state index >= 15 is 0 Å². The Kier molecular flexibility index (Phi) is 2.71. The number of hydrogen-bond acceptors (Lipinski definition) is 4. The Labute approximate surface area is 100 Å². The minimum Gasteiger partial charge on any atom is -0.507 e. The highest BCUT2D eigenvalue weighted by Crippen LogP contribution is 2.32. The third-order valence-electron chi connectivity index (χ3n) is 2.86. The first-order chi connectivity index (χ1) is 8.00. The zero-order valence-corrected chi connectivity index (χ0v) is 10.2. The number of anilines is 1. The quantitative estimate of drug-likeness (QED) is 0.787. The lowest BCUT2D eigenvalue weighted by atomic mass is 10.0. The standard InChI is InChI=1S/C13H15N3O/c1-7-4-5-10(11(17)6-7)13-8(2)12(14)9(3)15-16-13/h4-6,17H,1-3H3,(H2,14,16). The molecule has 0 aliphatic carbocycles. The van der Waals surface area contributed by atoms with Crippen LogP contribution in [0.4, 0.5) is 5.69 Å². The molecule has 0 radical (unpaired) electrons. The molecule has 1 aromatic heterocycles. The van der Waals surface area contributed by atoms with Crippen LogP contribution in [0.25, 0.3) is 11.3 Å². The van der Waals surface area contributed by atoms with E-state index in [4.69, 9.17) is 5.73 Å². The Hall–Kier alpha value is -2.10. The number of nitrogen functional groups attached to an aromatic ring is 1. The second-order valence-corrected chi connectivity index (χ2v) is 4.19. The maximum atomic E-state index is 9.92. The fraction of sp³-hybridized carbons (Fsp3) is 0.231.